The fourth-order valence-electron chi connectivity index (χ4n) is 2.66. The second-order valence-corrected chi connectivity index (χ2v) is 6.65. The fourth-order valence-corrected chi connectivity index (χ4v) is 3.26. The van der Waals surface area contributed by atoms with Crippen molar-refractivity contribution in [1.82, 2.24) is 20.5 Å². The molecule has 2 N–H and O–H groups in total. The molecule has 2 rings (SSSR count). The van der Waals surface area contributed by atoms with E-state index in [1.54, 1.807) is 18.4 Å². The number of aliphatic imine (C=N–C) groups is 1. The van der Waals surface area contributed by atoms with E-state index >= 15 is 0 Å². The Morgan fingerprint density at radius 1 is 1.48 bits per heavy atom. The van der Waals surface area contributed by atoms with Crippen LogP contribution in [0.15, 0.2) is 10.4 Å². The summed E-state index contributed by atoms with van der Waals surface area (Å²) in [5.74, 6) is 4.04. The molecule has 0 atom stereocenters. The predicted molar refractivity (Wildman–Crippen MR) is 108 cm³/mol. The number of nitrogens with zero attached hydrogens (tertiary/aromatic N) is 3. The van der Waals surface area contributed by atoms with Crippen LogP contribution in [0, 0.1) is 25.2 Å². The van der Waals surface area contributed by atoms with Gasteiger partial charge >= 0.3 is 0 Å². The Morgan fingerprint density at radius 3 is 2.78 bits per heavy atom. The van der Waals surface area contributed by atoms with E-state index in [1.807, 2.05) is 0 Å². The van der Waals surface area contributed by atoms with Crippen LogP contribution in [-0.4, -0.2) is 49.1 Å². The second kappa shape index (κ2) is 10.8. The number of piperidine rings is 1. The Labute approximate surface area is 160 Å². The van der Waals surface area contributed by atoms with Gasteiger partial charge in [-0.25, -0.2) is 4.98 Å². The number of rotatable bonds is 5. The molecule has 7 heteroatoms. The predicted octanol–water partition coefficient (Wildman–Crippen LogP) is 2.08. The van der Waals surface area contributed by atoms with Gasteiger partial charge in [0.05, 0.1) is 17.2 Å². The molecule has 1 saturated heterocycles. The molecule has 1 fully saturated rings. The van der Waals surface area contributed by atoms with Crippen molar-refractivity contribution in [1.29, 1.82) is 0 Å². The Hall–Kier alpha value is -0.850. The summed E-state index contributed by atoms with van der Waals surface area (Å²) in [7, 11) is 1.77. The van der Waals surface area contributed by atoms with Gasteiger partial charge in [0.2, 0.25) is 0 Å². The number of nitrogens with one attached hydrogen (secondary N) is 2. The minimum Gasteiger partial charge on any atom is -0.356 e. The Balaban J connectivity index is 0.00000264. The highest BCUT2D eigenvalue weighted by molar-refractivity contribution is 14.0. The average Bonchev–Trinajstić information content (AvgIpc) is 2.94. The maximum absolute atomic E-state index is 5.25. The molecule has 0 spiro atoms. The Morgan fingerprint density at radius 2 is 2.22 bits per heavy atom. The van der Waals surface area contributed by atoms with Crippen molar-refractivity contribution in [2.24, 2.45) is 10.9 Å². The zero-order valence-corrected chi connectivity index (χ0v) is 17.0. The molecule has 0 unspecified atom stereocenters. The first-order chi connectivity index (χ1) is 10.7. The topological polar surface area (TPSA) is 52.6 Å². The highest BCUT2D eigenvalue weighted by Gasteiger charge is 2.20. The van der Waals surface area contributed by atoms with Crippen molar-refractivity contribution in [2.45, 2.75) is 26.3 Å². The van der Waals surface area contributed by atoms with Gasteiger partial charge in [-0.3, -0.25) is 9.89 Å². The summed E-state index contributed by atoms with van der Waals surface area (Å²) in [4.78, 5) is 11.2. The first-order valence-corrected chi connectivity index (χ1v) is 8.60. The molecule has 1 aromatic rings. The summed E-state index contributed by atoms with van der Waals surface area (Å²) in [6.07, 6.45) is 7.67. The van der Waals surface area contributed by atoms with Gasteiger partial charge in [-0.05, 0) is 38.8 Å². The molecule has 0 aromatic carbocycles. The van der Waals surface area contributed by atoms with Crippen molar-refractivity contribution < 1.29 is 0 Å². The van der Waals surface area contributed by atoms with E-state index < -0.39 is 0 Å². The first-order valence-electron chi connectivity index (χ1n) is 7.72. The molecule has 5 nitrogen and oxygen atoms in total. The molecule has 0 amide bonds. The Bertz CT molecular complexity index is 529. The van der Waals surface area contributed by atoms with Crippen LogP contribution in [0.25, 0.3) is 0 Å². The summed E-state index contributed by atoms with van der Waals surface area (Å²) in [6, 6.07) is 0. The lowest BCUT2D eigenvalue weighted by Crippen LogP contribution is -2.42. The maximum atomic E-state index is 5.25. The van der Waals surface area contributed by atoms with E-state index in [1.165, 1.54) is 18.5 Å². The standard InChI is InChI=1S/C16H25N5S.HI/c1-4-7-18-16(17-3)19-10-14-5-8-21(9-6-14)11-15-12-22-13(2)20-15;/h1,12,14H,5-11H2,2-3H3,(H2,17,18,19);1H. The van der Waals surface area contributed by atoms with Crippen LogP contribution in [0.2, 0.25) is 0 Å². The van der Waals surface area contributed by atoms with Crippen molar-refractivity contribution in [3.63, 3.8) is 0 Å². The van der Waals surface area contributed by atoms with E-state index in [0.29, 0.717) is 12.5 Å². The van der Waals surface area contributed by atoms with Gasteiger partial charge in [-0.15, -0.1) is 41.7 Å². The smallest absolute Gasteiger partial charge is 0.191 e. The van der Waals surface area contributed by atoms with Gasteiger partial charge < -0.3 is 10.6 Å². The highest BCUT2D eigenvalue weighted by atomic mass is 127. The minimum atomic E-state index is 0. The fraction of sp³-hybridized carbons (Fsp3) is 0.625. The molecule has 1 aromatic heterocycles. The van der Waals surface area contributed by atoms with Crippen molar-refractivity contribution >= 4 is 41.3 Å². The molecule has 0 aliphatic carbocycles. The number of aromatic nitrogens is 1. The molecular weight excluding hydrogens is 421 g/mol. The normalized spacial score (nSPS) is 16.5. The van der Waals surface area contributed by atoms with Crippen LogP contribution < -0.4 is 10.6 Å². The van der Waals surface area contributed by atoms with Crippen LogP contribution >= 0.6 is 35.3 Å². The number of aryl methyl sites for hydroxylation is 1. The summed E-state index contributed by atoms with van der Waals surface area (Å²) in [5, 5.41) is 9.77. The third-order valence-electron chi connectivity index (χ3n) is 3.90. The quantitative estimate of drug-likeness (QED) is 0.314. The zero-order valence-electron chi connectivity index (χ0n) is 13.8. The molecule has 128 valence electrons. The van der Waals surface area contributed by atoms with Crippen LogP contribution in [0.4, 0.5) is 0 Å². The third-order valence-corrected chi connectivity index (χ3v) is 4.72. The summed E-state index contributed by atoms with van der Waals surface area (Å²) in [5.41, 5.74) is 1.21. The minimum absolute atomic E-state index is 0. The molecule has 1 aliphatic heterocycles. The second-order valence-electron chi connectivity index (χ2n) is 5.59. The molecule has 1 aliphatic rings. The number of halogens is 1. The van der Waals surface area contributed by atoms with Crippen LogP contribution in [-0.2, 0) is 6.54 Å². The van der Waals surface area contributed by atoms with E-state index in [2.05, 4.69) is 43.7 Å². The van der Waals surface area contributed by atoms with E-state index in [-0.39, 0.29) is 24.0 Å². The van der Waals surface area contributed by atoms with E-state index in [0.717, 1.165) is 37.1 Å². The third kappa shape index (κ3) is 7.06. The van der Waals surface area contributed by atoms with Crippen LogP contribution in [0.3, 0.4) is 0 Å². The monoisotopic (exact) mass is 447 g/mol. The number of thiazole rings is 1. The van der Waals surface area contributed by atoms with Gasteiger partial charge in [0.15, 0.2) is 5.96 Å². The van der Waals surface area contributed by atoms with Crippen molar-refractivity contribution in [2.75, 3.05) is 33.2 Å². The van der Waals surface area contributed by atoms with E-state index in [4.69, 9.17) is 6.42 Å². The summed E-state index contributed by atoms with van der Waals surface area (Å²) < 4.78 is 0. The number of terminal acetylenes is 1. The zero-order chi connectivity index (χ0) is 15.8. The van der Waals surface area contributed by atoms with Crippen LogP contribution in [0.5, 0.6) is 0 Å². The maximum Gasteiger partial charge on any atom is 0.191 e. The lowest BCUT2D eigenvalue weighted by atomic mass is 9.97. The SMILES string of the molecule is C#CCNC(=NC)NCC1CCN(Cc2csc(C)n2)CC1.I. The lowest BCUT2D eigenvalue weighted by Gasteiger charge is -2.31. The molecule has 2 heterocycles. The summed E-state index contributed by atoms with van der Waals surface area (Å²) >= 11 is 1.73. The molecular formula is C16H26IN5S. The lowest BCUT2D eigenvalue weighted by molar-refractivity contribution is 0.176. The van der Waals surface area contributed by atoms with Gasteiger partial charge in [-0.2, -0.15) is 0 Å². The summed E-state index contributed by atoms with van der Waals surface area (Å²) in [6.45, 7) is 6.78. The average molecular weight is 447 g/mol. The number of hydrogen-bond donors (Lipinski definition) is 2. The molecule has 0 saturated carbocycles. The van der Waals surface area contributed by atoms with Gasteiger partial charge in [-0.1, -0.05) is 5.92 Å². The van der Waals surface area contributed by atoms with Crippen molar-refractivity contribution in [3.8, 4) is 12.3 Å². The first kappa shape index (κ1) is 20.2. The number of hydrogen-bond acceptors (Lipinski definition) is 4. The molecule has 0 radical (unpaired) electrons. The number of likely N-dealkylation sites (tertiary alicyclic amines) is 1. The largest absolute Gasteiger partial charge is 0.356 e. The van der Waals surface area contributed by atoms with Gasteiger partial charge in [0.25, 0.3) is 0 Å². The van der Waals surface area contributed by atoms with E-state index in [9.17, 15) is 0 Å². The molecule has 23 heavy (non-hydrogen) atoms. The molecule has 0 bridgehead atoms. The van der Waals surface area contributed by atoms with Gasteiger partial charge in [0.1, 0.15) is 0 Å². The van der Waals surface area contributed by atoms with Gasteiger partial charge in [0, 0.05) is 25.5 Å². The highest BCUT2D eigenvalue weighted by Crippen LogP contribution is 2.19. The van der Waals surface area contributed by atoms with Crippen LogP contribution in [0.1, 0.15) is 23.5 Å². The van der Waals surface area contributed by atoms with Crippen molar-refractivity contribution in [3.05, 3.63) is 16.1 Å². The Kier molecular flexibility index (Phi) is 9.52. The number of guanidine groups is 1.